The molecule has 2 atom stereocenters. The van der Waals surface area contributed by atoms with E-state index in [1.54, 1.807) is 0 Å². The van der Waals surface area contributed by atoms with Gasteiger partial charge in [0.2, 0.25) is 0 Å². The van der Waals surface area contributed by atoms with E-state index in [1.165, 1.54) is 0 Å². The third-order valence-electron chi connectivity index (χ3n) is 3.07. The molecule has 0 spiro atoms. The molecule has 4 heteroatoms. The van der Waals surface area contributed by atoms with Crippen LogP contribution in [0, 0.1) is 5.92 Å². The van der Waals surface area contributed by atoms with Gasteiger partial charge in [-0.3, -0.25) is 10.1 Å². The molecular weight excluding hydrogens is 242 g/mol. The first-order chi connectivity index (χ1) is 9.06. The fourth-order valence-corrected chi connectivity index (χ4v) is 1.85. The minimum absolute atomic E-state index is 0.0151. The number of hydrogen-bond acceptors (Lipinski definition) is 3. The number of rotatable bonds is 8. The highest BCUT2D eigenvalue weighted by molar-refractivity contribution is 5.75. The molecule has 0 fully saturated rings. The molecule has 0 aliphatic carbocycles. The fourth-order valence-electron chi connectivity index (χ4n) is 1.85. The zero-order chi connectivity index (χ0) is 14.3. The van der Waals surface area contributed by atoms with Gasteiger partial charge in [0.15, 0.2) is 0 Å². The van der Waals surface area contributed by atoms with E-state index < -0.39 is 12.0 Å². The second-order valence-corrected chi connectivity index (χ2v) is 4.86. The first-order valence-corrected chi connectivity index (χ1v) is 6.67. The number of ether oxygens (including phenoxy) is 1. The van der Waals surface area contributed by atoms with E-state index >= 15 is 0 Å². The number of carboxylic acids is 1. The van der Waals surface area contributed by atoms with E-state index in [4.69, 9.17) is 4.74 Å². The summed E-state index contributed by atoms with van der Waals surface area (Å²) in [4.78, 5) is 11.4. The maximum Gasteiger partial charge on any atom is 0.325 e. The molecule has 1 rings (SSSR count). The molecule has 1 aromatic rings. The van der Waals surface area contributed by atoms with Gasteiger partial charge < -0.3 is 9.84 Å². The Morgan fingerprint density at radius 3 is 2.42 bits per heavy atom. The second kappa shape index (κ2) is 7.92. The molecule has 2 N–H and O–H groups in total. The lowest BCUT2D eigenvalue weighted by Crippen LogP contribution is -2.43. The minimum atomic E-state index is -0.867. The van der Waals surface area contributed by atoms with Crippen molar-refractivity contribution in [1.82, 2.24) is 5.32 Å². The van der Waals surface area contributed by atoms with E-state index in [9.17, 15) is 9.90 Å². The van der Waals surface area contributed by atoms with Crippen molar-refractivity contribution in [3.8, 4) is 0 Å². The number of carbonyl (C=O) groups is 1. The molecule has 0 amide bonds. The van der Waals surface area contributed by atoms with Crippen LogP contribution < -0.4 is 5.32 Å². The predicted octanol–water partition coefficient (Wildman–Crippen LogP) is 2.46. The van der Waals surface area contributed by atoms with Gasteiger partial charge in [0.1, 0.15) is 6.04 Å². The third kappa shape index (κ3) is 5.01. The van der Waals surface area contributed by atoms with Crippen LogP contribution >= 0.6 is 0 Å². The lowest BCUT2D eigenvalue weighted by molar-refractivity contribution is -0.140. The van der Waals surface area contributed by atoms with E-state index in [0.29, 0.717) is 19.1 Å². The van der Waals surface area contributed by atoms with Gasteiger partial charge in [-0.25, -0.2) is 0 Å². The highest BCUT2D eigenvalue weighted by Crippen LogP contribution is 2.16. The van der Waals surface area contributed by atoms with Crippen molar-refractivity contribution >= 4 is 5.97 Å². The van der Waals surface area contributed by atoms with E-state index in [0.717, 1.165) is 5.56 Å². The van der Waals surface area contributed by atoms with E-state index in [-0.39, 0.29) is 6.04 Å². The van der Waals surface area contributed by atoms with Gasteiger partial charge in [-0.05, 0) is 18.4 Å². The normalized spacial score (nSPS) is 14.3. The summed E-state index contributed by atoms with van der Waals surface area (Å²) in [5.74, 6) is -0.564. The van der Waals surface area contributed by atoms with Crippen LogP contribution in [0.4, 0.5) is 0 Å². The average Bonchev–Trinajstić information content (AvgIpc) is 2.39. The number of hydrogen-bond donors (Lipinski definition) is 2. The monoisotopic (exact) mass is 265 g/mol. The molecule has 0 aromatic heterocycles. The molecule has 0 saturated heterocycles. The Hall–Kier alpha value is -1.39. The predicted molar refractivity (Wildman–Crippen MR) is 75.1 cm³/mol. The molecular formula is C15H23NO3. The molecule has 0 radical (unpaired) electrons. The molecule has 0 heterocycles. The molecule has 0 bridgehead atoms. The van der Waals surface area contributed by atoms with Crippen LogP contribution in [-0.4, -0.2) is 30.3 Å². The molecule has 1 aromatic carbocycles. The van der Waals surface area contributed by atoms with Gasteiger partial charge in [-0.1, -0.05) is 44.2 Å². The van der Waals surface area contributed by atoms with Crippen molar-refractivity contribution in [3.05, 3.63) is 35.9 Å². The van der Waals surface area contributed by atoms with Crippen molar-refractivity contribution in [2.75, 3.05) is 13.2 Å². The standard InChI is InChI=1S/C15H23NO3/c1-4-19-10-13(11(2)3)16-14(15(17)18)12-8-6-5-7-9-12/h5-9,11,13-14,16H,4,10H2,1-3H3,(H,17,18). The van der Waals surface area contributed by atoms with Gasteiger partial charge in [-0.15, -0.1) is 0 Å². The van der Waals surface area contributed by atoms with Crippen molar-refractivity contribution in [2.45, 2.75) is 32.9 Å². The summed E-state index contributed by atoms with van der Waals surface area (Å²) in [7, 11) is 0. The zero-order valence-corrected chi connectivity index (χ0v) is 11.8. The molecule has 19 heavy (non-hydrogen) atoms. The Morgan fingerprint density at radius 2 is 1.95 bits per heavy atom. The summed E-state index contributed by atoms with van der Waals surface area (Å²) in [5.41, 5.74) is 0.761. The highest BCUT2D eigenvalue weighted by atomic mass is 16.5. The zero-order valence-electron chi connectivity index (χ0n) is 11.8. The quantitative estimate of drug-likeness (QED) is 0.758. The lowest BCUT2D eigenvalue weighted by atomic mass is 10.0. The number of nitrogens with one attached hydrogen (secondary N) is 1. The summed E-state index contributed by atoms with van der Waals surface area (Å²) < 4.78 is 5.42. The minimum Gasteiger partial charge on any atom is -0.480 e. The topological polar surface area (TPSA) is 58.6 Å². The van der Waals surface area contributed by atoms with Crippen LogP contribution in [0.15, 0.2) is 30.3 Å². The number of benzene rings is 1. The van der Waals surface area contributed by atoms with Gasteiger partial charge in [-0.2, -0.15) is 0 Å². The van der Waals surface area contributed by atoms with E-state index in [1.807, 2.05) is 37.3 Å². The van der Waals surface area contributed by atoms with E-state index in [2.05, 4.69) is 19.2 Å². The number of aliphatic carboxylic acids is 1. The van der Waals surface area contributed by atoms with Crippen molar-refractivity contribution in [1.29, 1.82) is 0 Å². The van der Waals surface area contributed by atoms with Crippen LogP contribution in [-0.2, 0) is 9.53 Å². The molecule has 4 nitrogen and oxygen atoms in total. The second-order valence-electron chi connectivity index (χ2n) is 4.86. The van der Waals surface area contributed by atoms with Crippen LogP contribution in [0.2, 0.25) is 0 Å². The van der Waals surface area contributed by atoms with Gasteiger partial charge in [0.05, 0.1) is 6.61 Å². The first-order valence-electron chi connectivity index (χ1n) is 6.67. The Bertz CT molecular complexity index is 378. The Labute approximate surface area is 114 Å². The maximum absolute atomic E-state index is 11.4. The van der Waals surface area contributed by atoms with Crippen LogP contribution in [0.1, 0.15) is 32.4 Å². The molecule has 0 aliphatic heterocycles. The lowest BCUT2D eigenvalue weighted by Gasteiger charge is -2.26. The van der Waals surface area contributed by atoms with Crippen molar-refractivity contribution < 1.29 is 14.6 Å². The summed E-state index contributed by atoms with van der Waals surface area (Å²) in [6.45, 7) is 7.20. The Balaban J connectivity index is 2.79. The summed E-state index contributed by atoms with van der Waals surface area (Å²) in [6.07, 6.45) is 0. The summed E-state index contributed by atoms with van der Waals surface area (Å²) in [5, 5.41) is 12.6. The van der Waals surface area contributed by atoms with Crippen molar-refractivity contribution in [2.24, 2.45) is 5.92 Å². The van der Waals surface area contributed by atoms with Crippen LogP contribution in [0.5, 0.6) is 0 Å². The van der Waals surface area contributed by atoms with Gasteiger partial charge in [0, 0.05) is 12.6 Å². The summed E-state index contributed by atoms with van der Waals surface area (Å²) >= 11 is 0. The fraction of sp³-hybridized carbons (Fsp3) is 0.533. The van der Waals surface area contributed by atoms with Crippen molar-refractivity contribution in [3.63, 3.8) is 0 Å². The Morgan fingerprint density at radius 1 is 1.32 bits per heavy atom. The summed E-state index contributed by atoms with van der Waals surface area (Å²) in [6, 6.07) is 8.53. The van der Waals surface area contributed by atoms with Gasteiger partial charge >= 0.3 is 5.97 Å². The maximum atomic E-state index is 11.4. The first kappa shape index (κ1) is 15.7. The largest absolute Gasteiger partial charge is 0.480 e. The van der Waals surface area contributed by atoms with Gasteiger partial charge in [0.25, 0.3) is 0 Å². The third-order valence-corrected chi connectivity index (χ3v) is 3.07. The molecule has 0 aliphatic rings. The Kier molecular flexibility index (Phi) is 6.53. The molecule has 2 unspecified atom stereocenters. The smallest absolute Gasteiger partial charge is 0.325 e. The molecule has 106 valence electrons. The van der Waals surface area contributed by atoms with Crippen LogP contribution in [0.25, 0.3) is 0 Å². The highest BCUT2D eigenvalue weighted by Gasteiger charge is 2.24. The van der Waals surface area contributed by atoms with Crippen LogP contribution in [0.3, 0.4) is 0 Å². The average molecular weight is 265 g/mol. The number of carboxylic acid groups (broad SMARTS) is 1. The SMILES string of the molecule is CCOCC(NC(C(=O)O)c1ccccc1)C(C)C. The molecule has 0 saturated carbocycles.